The summed E-state index contributed by atoms with van der Waals surface area (Å²) in [5, 5.41) is 12.7. The maximum Gasteiger partial charge on any atom is 0.339 e. The predicted molar refractivity (Wildman–Crippen MR) is 77.3 cm³/mol. The molecule has 5 heteroatoms. The van der Waals surface area contributed by atoms with E-state index in [-0.39, 0.29) is 17.2 Å². The Hall–Kier alpha value is -1.62. The predicted octanol–water partition coefficient (Wildman–Crippen LogP) is 2.77. The second-order valence-corrected chi connectivity index (χ2v) is 6.02. The standard InChI is InChI=1S/C15H22N2O3/c1-9-7-12(13(14(18)19)10(2)16-9)17-11-5-6-20-15(3,4)8-11/h7,11H,5-6,8H2,1-4H3,(H,16,17)(H,18,19). The zero-order chi connectivity index (χ0) is 14.9. The molecule has 1 atom stereocenters. The highest BCUT2D eigenvalue weighted by atomic mass is 16.5. The van der Waals surface area contributed by atoms with Crippen LogP contribution in [0.15, 0.2) is 6.07 Å². The van der Waals surface area contributed by atoms with Gasteiger partial charge in [0.05, 0.1) is 17.0 Å². The van der Waals surface area contributed by atoms with Gasteiger partial charge in [0, 0.05) is 18.3 Å². The first-order chi connectivity index (χ1) is 9.28. The number of anilines is 1. The van der Waals surface area contributed by atoms with E-state index in [4.69, 9.17) is 4.74 Å². The number of aryl methyl sites for hydroxylation is 2. The van der Waals surface area contributed by atoms with E-state index in [9.17, 15) is 9.90 Å². The van der Waals surface area contributed by atoms with E-state index in [1.54, 1.807) is 13.0 Å². The van der Waals surface area contributed by atoms with Crippen LogP contribution < -0.4 is 5.32 Å². The van der Waals surface area contributed by atoms with Gasteiger partial charge >= 0.3 is 5.97 Å². The number of nitrogens with zero attached hydrogens (tertiary/aromatic N) is 1. The molecule has 2 N–H and O–H groups in total. The molecule has 1 saturated heterocycles. The molecule has 0 amide bonds. The second kappa shape index (κ2) is 5.40. The molecule has 1 unspecified atom stereocenters. The monoisotopic (exact) mass is 278 g/mol. The molecule has 1 fully saturated rings. The number of ether oxygens (including phenoxy) is 1. The number of nitrogens with one attached hydrogen (secondary N) is 1. The third-order valence-corrected chi connectivity index (χ3v) is 3.60. The molecule has 1 aromatic heterocycles. The minimum absolute atomic E-state index is 0.170. The van der Waals surface area contributed by atoms with Crippen LogP contribution in [0.3, 0.4) is 0 Å². The van der Waals surface area contributed by atoms with Gasteiger partial charge in [0.1, 0.15) is 5.56 Å². The molecule has 0 aromatic carbocycles. The van der Waals surface area contributed by atoms with Crippen molar-refractivity contribution in [2.75, 3.05) is 11.9 Å². The highest BCUT2D eigenvalue weighted by Crippen LogP contribution is 2.28. The van der Waals surface area contributed by atoms with Crippen LogP contribution in [0.2, 0.25) is 0 Å². The van der Waals surface area contributed by atoms with E-state index >= 15 is 0 Å². The first kappa shape index (κ1) is 14.8. The molecule has 5 nitrogen and oxygen atoms in total. The fraction of sp³-hybridized carbons (Fsp3) is 0.600. The van der Waals surface area contributed by atoms with E-state index in [2.05, 4.69) is 24.1 Å². The number of hydrogen-bond acceptors (Lipinski definition) is 4. The molecule has 2 heterocycles. The lowest BCUT2D eigenvalue weighted by atomic mass is 9.93. The van der Waals surface area contributed by atoms with Crippen molar-refractivity contribution in [2.24, 2.45) is 0 Å². The van der Waals surface area contributed by atoms with Gasteiger partial charge in [-0.3, -0.25) is 4.98 Å². The Morgan fingerprint density at radius 1 is 1.50 bits per heavy atom. The maximum absolute atomic E-state index is 11.4. The van der Waals surface area contributed by atoms with Gasteiger partial charge in [-0.05, 0) is 46.6 Å². The van der Waals surface area contributed by atoms with E-state index in [1.165, 1.54) is 0 Å². The third kappa shape index (κ3) is 3.28. The SMILES string of the molecule is Cc1cc(NC2CCOC(C)(C)C2)c(C(=O)O)c(C)n1. The molecule has 1 aromatic rings. The maximum atomic E-state index is 11.4. The first-order valence-electron chi connectivity index (χ1n) is 6.90. The van der Waals surface area contributed by atoms with Crippen LogP contribution in [0.1, 0.15) is 48.4 Å². The van der Waals surface area contributed by atoms with Gasteiger partial charge in [-0.1, -0.05) is 0 Å². The first-order valence-corrected chi connectivity index (χ1v) is 6.90. The summed E-state index contributed by atoms with van der Waals surface area (Å²) in [7, 11) is 0. The minimum Gasteiger partial charge on any atom is -0.478 e. The summed E-state index contributed by atoms with van der Waals surface area (Å²) >= 11 is 0. The number of aromatic carboxylic acids is 1. The van der Waals surface area contributed by atoms with Gasteiger partial charge < -0.3 is 15.2 Å². The van der Waals surface area contributed by atoms with Crippen LogP contribution in [0.4, 0.5) is 5.69 Å². The van der Waals surface area contributed by atoms with Crippen molar-refractivity contribution < 1.29 is 14.6 Å². The quantitative estimate of drug-likeness (QED) is 0.889. The number of carbonyl (C=O) groups is 1. The summed E-state index contributed by atoms with van der Waals surface area (Å²) < 4.78 is 5.69. The van der Waals surface area contributed by atoms with Gasteiger partial charge in [-0.15, -0.1) is 0 Å². The molecule has 2 rings (SSSR count). The lowest BCUT2D eigenvalue weighted by Gasteiger charge is -2.36. The summed E-state index contributed by atoms with van der Waals surface area (Å²) in [6, 6.07) is 2.02. The Bertz CT molecular complexity index is 526. The van der Waals surface area contributed by atoms with E-state index in [0.717, 1.165) is 18.5 Å². The number of aromatic nitrogens is 1. The molecule has 1 aliphatic rings. The van der Waals surface area contributed by atoms with Crippen LogP contribution in [-0.4, -0.2) is 34.3 Å². The number of pyridine rings is 1. The Morgan fingerprint density at radius 3 is 2.80 bits per heavy atom. The Morgan fingerprint density at radius 2 is 2.20 bits per heavy atom. The summed E-state index contributed by atoms with van der Waals surface area (Å²) in [6.45, 7) is 8.41. The summed E-state index contributed by atoms with van der Waals surface area (Å²) in [6.07, 6.45) is 1.73. The van der Waals surface area contributed by atoms with Crippen LogP contribution in [-0.2, 0) is 4.74 Å². The van der Waals surface area contributed by atoms with E-state index in [1.807, 2.05) is 6.92 Å². The van der Waals surface area contributed by atoms with Gasteiger partial charge in [0.2, 0.25) is 0 Å². The van der Waals surface area contributed by atoms with Crippen molar-refractivity contribution in [3.8, 4) is 0 Å². The number of carboxylic acids is 1. The lowest BCUT2D eigenvalue weighted by molar-refractivity contribution is -0.0553. The van der Waals surface area contributed by atoms with Gasteiger partial charge in [-0.25, -0.2) is 4.79 Å². The number of rotatable bonds is 3. The zero-order valence-electron chi connectivity index (χ0n) is 12.5. The molecule has 110 valence electrons. The molecule has 0 aliphatic carbocycles. The molecular formula is C15H22N2O3. The third-order valence-electron chi connectivity index (χ3n) is 3.60. The Labute approximate surface area is 119 Å². The summed E-state index contributed by atoms with van der Waals surface area (Å²) in [5.74, 6) is -0.941. The van der Waals surface area contributed by atoms with Gasteiger partial charge in [-0.2, -0.15) is 0 Å². The molecule has 20 heavy (non-hydrogen) atoms. The summed E-state index contributed by atoms with van der Waals surface area (Å²) in [4.78, 5) is 15.6. The Kier molecular flexibility index (Phi) is 3.99. The topological polar surface area (TPSA) is 71.5 Å². The van der Waals surface area contributed by atoms with Crippen LogP contribution in [0.5, 0.6) is 0 Å². The smallest absolute Gasteiger partial charge is 0.339 e. The average molecular weight is 278 g/mol. The normalized spacial score (nSPS) is 21.5. The van der Waals surface area contributed by atoms with Gasteiger partial charge in [0.25, 0.3) is 0 Å². The van der Waals surface area contributed by atoms with E-state index < -0.39 is 5.97 Å². The number of hydrogen-bond donors (Lipinski definition) is 2. The largest absolute Gasteiger partial charge is 0.478 e. The van der Waals surface area contributed by atoms with Crippen LogP contribution >= 0.6 is 0 Å². The van der Waals surface area contributed by atoms with Crippen molar-refractivity contribution in [3.63, 3.8) is 0 Å². The van der Waals surface area contributed by atoms with Crippen molar-refractivity contribution in [2.45, 2.75) is 52.2 Å². The minimum atomic E-state index is -0.941. The molecule has 0 spiro atoms. The van der Waals surface area contributed by atoms with Crippen molar-refractivity contribution in [3.05, 3.63) is 23.0 Å². The molecular weight excluding hydrogens is 256 g/mol. The number of carboxylic acid groups (broad SMARTS) is 1. The second-order valence-electron chi connectivity index (χ2n) is 6.02. The molecule has 1 aliphatic heterocycles. The fourth-order valence-corrected chi connectivity index (χ4v) is 2.79. The van der Waals surface area contributed by atoms with Crippen LogP contribution in [0, 0.1) is 13.8 Å². The van der Waals surface area contributed by atoms with Gasteiger partial charge in [0.15, 0.2) is 0 Å². The zero-order valence-corrected chi connectivity index (χ0v) is 12.5. The van der Waals surface area contributed by atoms with Crippen molar-refractivity contribution in [1.82, 2.24) is 4.98 Å². The highest BCUT2D eigenvalue weighted by Gasteiger charge is 2.29. The molecule has 0 bridgehead atoms. The van der Waals surface area contributed by atoms with E-state index in [0.29, 0.717) is 18.0 Å². The summed E-state index contributed by atoms with van der Waals surface area (Å²) in [5.41, 5.74) is 2.12. The molecule has 0 saturated carbocycles. The fourth-order valence-electron chi connectivity index (χ4n) is 2.79. The average Bonchev–Trinajstić information content (AvgIpc) is 2.25. The highest BCUT2D eigenvalue weighted by molar-refractivity contribution is 5.95. The molecule has 0 radical (unpaired) electrons. The van der Waals surface area contributed by atoms with Crippen LogP contribution in [0.25, 0.3) is 0 Å². The lowest BCUT2D eigenvalue weighted by Crippen LogP contribution is -2.40. The van der Waals surface area contributed by atoms with Crippen molar-refractivity contribution >= 4 is 11.7 Å². The Balaban J connectivity index is 2.26. The van der Waals surface area contributed by atoms with Crippen molar-refractivity contribution in [1.29, 1.82) is 0 Å².